The van der Waals surface area contributed by atoms with Crippen LogP contribution < -0.4 is 5.32 Å². The third-order valence-electron chi connectivity index (χ3n) is 2.69. The van der Waals surface area contributed by atoms with Crippen molar-refractivity contribution in [2.24, 2.45) is 0 Å². The van der Waals surface area contributed by atoms with Gasteiger partial charge in [0, 0.05) is 6.04 Å². The first-order chi connectivity index (χ1) is 5.79. The van der Waals surface area contributed by atoms with Gasteiger partial charge in [-0.15, -0.1) is 0 Å². The molecule has 2 aliphatic heterocycles. The molecule has 2 aliphatic rings. The third-order valence-corrected chi connectivity index (χ3v) is 2.69. The van der Waals surface area contributed by atoms with Crippen LogP contribution in [0.3, 0.4) is 0 Å². The van der Waals surface area contributed by atoms with Crippen LogP contribution in [-0.2, 0) is 4.74 Å². The molecule has 12 heavy (non-hydrogen) atoms. The van der Waals surface area contributed by atoms with Crippen molar-refractivity contribution >= 4 is 0 Å². The van der Waals surface area contributed by atoms with E-state index in [1.807, 2.05) is 0 Å². The highest BCUT2D eigenvalue weighted by Gasteiger charge is 2.40. The number of ether oxygens (including phenoxy) is 1. The molecule has 0 unspecified atom stereocenters. The molecule has 2 heterocycles. The van der Waals surface area contributed by atoms with Crippen LogP contribution in [-0.4, -0.2) is 47.7 Å². The van der Waals surface area contributed by atoms with Crippen LogP contribution in [0.15, 0.2) is 0 Å². The molecule has 0 saturated carbocycles. The van der Waals surface area contributed by atoms with E-state index in [9.17, 15) is 10.2 Å². The highest BCUT2D eigenvalue weighted by molar-refractivity contribution is 4.93. The number of rotatable bonds is 1. The fraction of sp³-hybridized carbons (Fsp3) is 1.00. The van der Waals surface area contributed by atoms with Crippen molar-refractivity contribution in [2.75, 3.05) is 13.2 Å². The Labute approximate surface area is 71.5 Å². The van der Waals surface area contributed by atoms with E-state index in [0.29, 0.717) is 0 Å². The second-order valence-electron chi connectivity index (χ2n) is 3.56. The minimum absolute atomic E-state index is 0.206. The standard InChI is InChI=1S/C8H15NO3/c10-6-4-12-8(7(6)11)5-2-1-3-9-5/h5-11H,1-4H2/t5-,6+,7-,8+/m1/s1. The summed E-state index contributed by atoms with van der Waals surface area (Å²) in [5, 5.41) is 22.0. The van der Waals surface area contributed by atoms with Crippen molar-refractivity contribution < 1.29 is 14.9 Å². The first kappa shape index (κ1) is 8.44. The van der Waals surface area contributed by atoms with Crippen molar-refractivity contribution in [1.29, 1.82) is 0 Å². The Morgan fingerprint density at radius 2 is 2.17 bits per heavy atom. The number of hydrogen-bond donors (Lipinski definition) is 3. The lowest BCUT2D eigenvalue weighted by atomic mass is 10.0. The van der Waals surface area contributed by atoms with Gasteiger partial charge in [0.25, 0.3) is 0 Å². The second kappa shape index (κ2) is 3.30. The molecular weight excluding hydrogens is 158 g/mol. The van der Waals surface area contributed by atoms with Gasteiger partial charge in [0.05, 0.1) is 6.61 Å². The average molecular weight is 173 g/mol. The van der Waals surface area contributed by atoms with Crippen LogP contribution in [0.5, 0.6) is 0 Å². The number of aliphatic hydroxyl groups is 2. The summed E-state index contributed by atoms with van der Waals surface area (Å²) in [5.41, 5.74) is 0. The molecule has 4 heteroatoms. The van der Waals surface area contributed by atoms with E-state index < -0.39 is 12.2 Å². The van der Waals surface area contributed by atoms with Crippen molar-refractivity contribution in [3.8, 4) is 0 Å². The number of nitrogens with one attached hydrogen (secondary N) is 1. The topological polar surface area (TPSA) is 61.7 Å². The maximum Gasteiger partial charge on any atom is 0.110 e. The van der Waals surface area contributed by atoms with Crippen molar-refractivity contribution in [2.45, 2.75) is 37.2 Å². The summed E-state index contributed by atoms with van der Waals surface area (Å²) in [6.07, 6.45) is 0.558. The summed E-state index contributed by atoms with van der Waals surface area (Å²) in [7, 11) is 0. The van der Waals surface area contributed by atoms with Crippen LogP contribution in [0.25, 0.3) is 0 Å². The predicted molar refractivity (Wildman–Crippen MR) is 42.8 cm³/mol. The second-order valence-corrected chi connectivity index (χ2v) is 3.56. The molecule has 0 spiro atoms. The van der Waals surface area contributed by atoms with Crippen LogP contribution >= 0.6 is 0 Å². The molecule has 70 valence electrons. The van der Waals surface area contributed by atoms with Gasteiger partial charge < -0.3 is 20.3 Å². The molecule has 2 saturated heterocycles. The zero-order chi connectivity index (χ0) is 8.55. The summed E-state index contributed by atoms with van der Waals surface area (Å²) in [4.78, 5) is 0. The lowest BCUT2D eigenvalue weighted by Gasteiger charge is -2.21. The van der Waals surface area contributed by atoms with Gasteiger partial charge in [-0.05, 0) is 19.4 Å². The van der Waals surface area contributed by atoms with Crippen molar-refractivity contribution in [1.82, 2.24) is 5.32 Å². The molecular formula is C8H15NO3. The first-order valence-corrected chi connectivity index (χ1v) is 4.50. The van der Waals surface area contributed by atoms with Crippen molar-refractivity contribution in [3.63, 3.8) is 0 Å². The lowest BCUT2D eigenvalue weighted by Crippen LogP contribution is -2.43. The van der Waals surface area contributed by atoms with Crippen LogP contribution in [0.1, 0.15) is 12.8 Å². The van der Waals surface area contributed by atoms with E-state index in [2.05, 4.69) is 5.32 Å². The Bertz CT molecular complexity index is 158. The molecule has 0 amide bonds. The number of aliphatic hydroxyl groups excluding tert-OH is 2. The van der Waals surface area contributed by atoms with E-state index in [1.54, 1.807) is 0 Å². The maximum atomic E-state index is 9.50. The van der Waals surface area contributed by atoms with Gasteiger partial charge >= 0.3 is 0 Å². The van der Waals surface area contributed by atoms with Gasteiger partial charge in [0.2, 0.25) is 0 Å². The molecule has 0 radical (unpaired) electrons. The summed E-state index contributed by atoms with van der Waals surface area (Å²) in [5.74, 6) is 0. The van der Waals surface area contributed by atoms with Gasteiger partial charge in [0.1, 0.15) is 18.3 Å². The molecule has 0 aliphatic carbocycles. The Balaban J connectivity index is 1.95. The lowest BCUT2D eigenvalue weighted by molar-refractivity contribution is 0.00718. The SMILES string of the molecule is O[C@H]1[C@H]([C@H]2CCCN2)OC[C@@H]1O. The normalized spacial score (nSPS) is 48.5. The smallest absolute Gasteiger partial charge is 0.110 e. The molecule has 2 fully saturated rings. The highest BCUT2D eigenvalue weighted by atomic mass is 16.5. The van der Waals surface area contributed by atoms with E-state index in [-0.39, 0.29) is 18.8 Å². The summed E-state index contributed by atoms with van der Waals surface area (Å²) < 4.78 is 5.30. The predicted octanol–water partition coefficient (Wildman–Crippen LogP) is -1.14. The monoisotopic (exact) mass is 173 g/mol. The Kier molecular flexibility index (Phi) is 2.32. The highest BCUT2D eigenvalue weighted by Crippen LogP contribution is 2.22. The summed E-state index contributed by atoms with van der Waals surface area (Å²) in [6, 6.07) is 0.233. The molecule has 0 aromatic rings. The first-order valence-electron chi connectivity index (χ1n) is 4.50. The van der Waals surface area contributed by atoms with Crippen LogP contribution in [0.4, 0.5) is 0 Å². The van der Waals surface area contributed by atoms with E-state index >= 15 is 0 Å². The molecule has 0 aromatic carbocycles. The summed E-state index contributed by atoms with van der Waals surface area (Å²) >= 11 is 0. The Morgan fingerprint density at radius 1 is 1.33 bits per heavy atom. The van der Waals surface area contributed by atoms with Crippen molar-refractivity contribution in [3.05, 3.63) is 0 Å². The number of hydrogen-bond acceptors (Lipinski definition) is 4. The van der Waals surface area contributed by atoms with Gasteiger partial charge in [-0.1, -0.05) is 0 Å². The minimum atomic E-state index is -0.708. The fourth-order valence-electron chi connectivity index (χ4n) is 1.97. The third kappa shape index (κ3) is 1.35. The van der Waals surface area contributed by atoms with Gasteiger partial charge in [-0.3, -0.25) is 0 Å². The average Bonchev–Trinajstić information content (AvgIpc) is 2.64. The molecule has 4 atom stereocenters. The van der Waals surface area contributed by atoms with Gasteiger partial charge in [-0.2, -0.15) is 0 Å². The van der Waals surface area contributed by atoms with E-state index in [4.69, 9.17) is 4.74 Å². The Morgan fingerprint density at radius 3 is 2.67 bits per heavy atom. The quantitative estimate of drug-likeness (QED) is 0.469. The maximum absolute atomic E-state index is 9.50. The molecule has 3 N–H and O–H groups in total. The molecule has 0 bridgehead atoms. The largest absolute Gasteiger partial charge is 0.388 e. The van der Waals surface area contributed by atoms with Gasteiger partial charge in [-0.25, -0.2) is 0 Å². The molecule has 2 rings (SSSR count). The Hall–Kier alpha value is -0.160. The minimum Gasteiger partial charge on any atom is -0.388 e. The van der Waals surface area contributed by atoms with Crippen LogP contribution in [0.2, 0.25) is 0 Å². The van der Waals surface area contributed by atoms with E-state index in [1.165, 1.54) is 0 Å². The fourth-order valence-corrected chi connectivity index (χ4v) is 1.97. The van der Waals surface area contributed by atoms with Gasteiger partial charge in [0.15, 0.2) is 0 Å². The van der Waals surface area contributed by atoms with Crippen LogP contribution in [0, 0.1) is 0 Å². The molecule has 0 aromatic heterocycles. The zero-order valence-corrected chi connectivity index (χ0v) is 6.94. The molecule has 4 nitrogen and oxygen atoms in total. The van der Waals surface area contributed by atoms with E-state index in [0.717, 1.165) is 19.4 Å². The summed E-state index contributed by atoms with van der Waals surface area (Å²) in [6.45, 7) is 1.26. The zero-order valence-electron chi connectivity index (χ0n) is 6.94.